The predicted octanol–water partition coefficient (Wildman–Crippen LogP) is -0.0429. The van der Waals surface area contributed by atoms with Crippen LogP contribution in [0, 0.1) is 0 Å². The monoisotopic (exact) mass is 348 g/mol. The summed E-state index contributed by atoms with van der Waals surface area (Å²) in [5.74, 6) is 0. The fourth-order valence-corrected chi connectivity index (χ4v) is 2.46. The minimum atomic E-state index is -4.25. The van der Waals surface area contributed by atoms with E-state index in [4.69, 9.17) is 8.38 Å². The molecule has 0 unspecified atom stereocenters. The Bertz CT molecular complexity index is 584. The molecule has 2 rings (SSSR count). The molecule has 0 bridgehead atoms. The quantitative estimate of drug-likeness (QED) is 0.587. The molecule has 5 nitrogen and oxygen atoms in total. The van der Waals surface area contributed by atoms with Gasteiger partial charge >= 0.3 is 57.7 Å². The summed E-state index contributed by atoms with van der Waals surface area (Å²) in [6, 6.07) is 16.0. The second kappa shape index (κ2) is 7.40. The van der Waals surface area contributed by atoms with E-state index in [-0.39, 0.29) is 4.90 Å². The first-order valence-electron chi connectivity index (χ1n) is 5.09. The van der Waals surface area contributed by atoms with Crippen LogP contribution in [0.15, 0.2) is 65.6 Å². The summed E-state index contributed by atoms with van der Waals surface area (Å²) in [6.07, 6.45) is 0. The molecule has 0 amide bonds. The van der Waals surface area contributed by atoms with Gasteiger partial charge in [-0.05, 0) is 12.1 Å². The first-order chi connectivity index (χ1) is 8.91. The van der Waals surface area contributed by atoms with Crippen LogP contribution in [0.4, 0.5) is 0 Å². The zero-order chi connectivity index (χ0) is 14.3. The molecule has 2 N–H and O–H groups in total. The number of rotatable bonds is 2. The molecule has 0 saturated carbocycles. The maximum absolute atomic E-state index is 10.3. The summed E-state index contributed by atoms with van der Waals surface area (Å²) in [4.78, 5) is -0.185. The summed E-state index contributed by atoms with van der Waals surface area (Å²) < 4.78 is 48.9. The Morgan fingerprint density at radius 2 is 1.26 bits per heavy atom. The molecule has 0 fully saturated rings. The zero-order valence-electron chi connectivity index (χ0n) is 9.71. The Labute approximate surface area is 116 Å². The van der Waals surface area contributed by atoms with Crippen LogP contribution in [0.25, 0.3) is 0 Å². The van der Waals surface area contributed by atoms with Crippen molar-refractivity contribution in [1.29, 1.82) is 0 Å². The molecular formula is C12H12O5SSe. The van der Waals surface area contributed by atoms with Crippen LogP contribution in [-0.2, 0) is 10.1 Å². The van der Waals surface area contributed by atoms with Crippen molar-refractivity contribution in [2.24, 2.45) is 0 Å². The Morgan fingerprint density at radius 1 is 0.842 bits per heavy atom. The molecule has 2 aromatic carbocycles. The van der Waals surface area contributed by atoms with Gasteiger partial charge in [0.2, 0.25) is 0 Å². The number of hydrogen-bond acceptors (Lipinski definition) is 5. The summed E-state index contributed by atoms with van der Waals surface area (Å²) in [5, 5.41) is 0. The van der Waals surface area contributed by atoms with Crippen LogP contribution in [0.1, 0.15) is 0 Å². The molecule has 102 valence electrons. The van der Waals surface area contributed by atoms with Crippen LogP contribution in [0.3, 0.4) is 0 Å². The Morgan fingerprint density at radius 3 is 1.53 bits per heavy atom. The summed E-state index contributed by atoms with van der Waals surface area (Å²) in [5.41, 5.74) is 0. The van der Waals surface area contributed by atoms with Crippen molar-refractivity contribution < 1.29 is 21.3 Å². The molecule has 7 heteroatoms. The molecule has 0 aliphatic rings. The predicted molar refractivity (Wildman–Crippen MR) is 70.7 cm³/mol. The topological polar surface area (TPSA) is 97.7 Å². The van der Waals surface area contributed by atoms with Crippen molar-refractivity contribution in [2.45, 2.75) is 4.90 Å². The number of hydrogen-bond donors (Lipinski definition) is 2. The molecule has 0 saturated heterocycles. The van der Waals surface area contributed by atoms with Crippen molar-refractivity contribution in [2.75, 3.05) is 0 Å². The molecule has 2 aromatic rings. The van der Waals surface area contributed by atoms with Crippen LogP contribution in [0.5, 0.6) is 0 Å². The second-order valence-corrected chi connectivity index (χ2v) is 6.82. The van der Waals surface area contributed by atoms with Gasteiger partial charge in [-0.2, -0.15) is 0 Å². The van der Waals surface area contributed by atoms with Crippen molar-refractivity contribution in [3.05, 3.63) is 60.7 Å². The van der Waals surface area contributed by atoms with Gasteiger partial charge in [-0.25, -0.2) is 8.42 Å². The summed E-state index contributed by atoms with van der Waals surface area (Å²) in [6.45, 7) is 0. The Balaban J connectivity index is 0.000000191. The molecular weight excluding hydrogens is 335 g/mol. The Hall–Kier alpha value is -1.21. The van der Waals surface area contributed by atoms with Gasteiger partial charge in [-0.15, -0.1) is 0 Å². The van der Waals surface area contributed by atoms with Crippen molar-refractivity contribution >= 4 is 29.1 Å². The maximum atomic E-state index is 10.3. The molecule has 0 aliphatic carbocycles. The van der Waals surface area contributed by atoms with E-state index in [9.17, 15) is 13.0 Å². The van der Waals surface area contributed by atoms with Gasteiger partial charge in [-0.3, -0.25) is 0 Å². The van der Waals surface area contributed by atoms with Crippen molar-refractivity contribution in [3.63, 3.8) is 0 Å². The molecule has 0 aromatic heterocycles. The summed E-state index contributed by atoms with van der Waals surface area (Å²) in [7, 11) is -4.25. The van der Waals surface area contributed by atoms with Gasteiger partial charge in [0.05, 0.1) is 4.90 Å². The van der Waals surface area contributed by atoms with E-state index < -0.39 is 24.7 Å². The minimum absolute atomic E-state index is 0.185. The molecule has 19 heavy (non-hydrogen) atoms. The summed E-state index contributed by atoms with van der Waals surface area (Å²) >= 11 is -2.41. The SMILES string of the molecule is O=S(=O)([O-])c1ccccc1.O[Se+](O)c1ccccc1. The van der Waals surface area contributed by atoms with Crippen molar-refractivity contribution in [1.82, 2.24) is 0 Å². The van der Waals surface area contributed by atoms with E-state index in [1.807, 2.05) is 6.07 Å². The van der Waals surface area contributed by atoms with Crippen LogP contribution < -0.4 is 4.46 Å². The van der Waals surface area contributed by atoms with Gasteiger partial charge < -0.3 is 4.55 Å². The fraction of sp³-hybridized carbons (Fsp3) is 0. The van der Waals surface area contributed by atoms with E-state index in [0.717, 1.165) is 0 Å². The Kier molecular flexibility index (Phi) is 6.17. The first kappa shape index (κ1) is 15.8. The van der Waals surface area contributed by atoms with E-state index in [2.05, 4.69) is 0 Å². The van der Waals surface area contributed by atoms with Crippen molar-refractivity contribution in [3.8, 4) is 0 Å². The van der Waals surface area contributed by atoms with E-state index in [1.54, 1.807) is 30.3 Å². The normalized spacial score (nSPS) is 10.7. The zero-order valence-corrected chi connectivity index (χ0v) is 12.2. The third-order valence-electron chi connectivity index (χ3n) is 1.99. The van der Waals surface area contributed by atoms with E-state index in [1.165, 1.54) is 24.3 Å². The second-order valence-electron chi connectivity index (χ2n) is 3.34. The fourth-order valence-electron chi connectivity index (χ4n) is 1.13. The van der Waals surface area contributed by atoms with Gasteiger partial charge in [0.25, 0.3) is 0 Å². The molecule has 0 spiro atoms. The standard InChI is InChI=1S/C6H6O3S.C6H7O2Se/c7-10(8,9)6-4-2-1-3-5-6;7-9(8)6-4-2-1-3-5-6/h1-5H,(H,7,8,9);1-5,7-8H/q;+1/p-1. The molecule has 0 radical (unpaired) electrons. The third kappa shape index (κ3) is 5.98. The average molecular weight is 347 g/mol. The number of benzene rings is 2. The molecule has 0 aliphatic heterocycles. The van der Waals surface area contributed by atoms with E-state index >= 15 is 0 Å². The van der Waals surface area contributed by atoms with Gasteiger partial charge in [-0.1, -0.05) is 18.2 Å². The molecule has 0 heterocycles. The van der Waals surface area contributed by atoms with Gasteiger partial charge in [0, 0.05) is 0 Å². The van der Waals surface area contributed by atoms with E-state index in [0.29, 0.717) is 4.46 Å². The van der Waals surface area contributed by atoms with Gasteiger partial charge in [0.15, 0.2) is 0 Å². The van der Waals surface area contributed by atoms with Crippen LogP contribution >= 0.6 is 0 Å². The average Bonchev–Trinajstić information content (AvgIpc) is 2.40. The third-order valence-corrected chi connectivity index (χ3v) is 4.29. The van der Waals surface area contributed by atoms with Crippen LogP contribution in [-0.4, -0.2) is 35.9 Å². The van der Waals surface area contributed by atoms with Crippen LogP contribution in [0.2, 0.25) is 0 Å². The van der Waals surface area contributed by atoms with Gasteiger partial charge in [0.1, 0.15) is 10.1 Å². The first-order valence-corrected chi connectivity index (χ1v) is 8.89. The molecule has 0 atom stereocenters.